The van der Waals surface area contributed by atoms with E-state index in [4.69, 9.17) is 9.47 Å². The van der Waals surface area contributed by atoms with Gasteiger partial charge in [-0.1, -0.05) is 48.5 Å². The van der Waals surface area contributed by atoms with E-state index >= 15 is 0 Å². The number of fused-ring (bicyclic) bond motifs is 3. The third kappa shape index (κ3) is 2.18. The lowest BCUT2D eigenvalue weighted by Crippen LogP contribution is -1.92. The number of methoxy groups -OCH3 is 2. The second kappa shape index (κ2) is 5.47. The van der Waals surface area contributed by atoms with Crippen LogP contribution in [0.25, 0.3) is 22.3 Å². The van der Waals surface area contributed by atoms with E-state index in [1.54, 1.807) is 14.2 Å². The summed E-state index contributed by atoms with van der Waals surface area (Å²) in [6.07, 6.45) is 0.982. The first-order valence-corrected chi connectivity index (χ1v) is 7.74. The van der Waals surface area contributed by atoms with Crippen molar-refractivity contribution in [2.45, 2.75) is 6.42 Å². The van der Waals surface area contributed by atoms with E-state index in [1.807, 2.05) is 6.07 Å². The molecule has 0 atom stereocenters. The Morgan fingerprint density at radius 1 is 0.696 bits per heavy atom. The number of hydrogen-bond donors (Lipinski definition) is 0. The molecule has 0 spiro atoms. The van der Waals surface area contributed by atoms with Gasteiger partial charge < -0.3 is 9.47 Å². The molecule has 2 heteroatoms. The second-order valence-electron chi connectivity index (χ2n) is 5.74. The number of rotatable bonds is 3. The lowest BCUT2D eigenvalue weighted by molar-refractivity contribution is 0.355. The van der Waals surface area contributed by atoms with Crippen molar-refractivity contribution in [3.05, 3.63) is 71.8 Å². The first-order chi connectivity index (χ1) is 11.3. The zero-order valence-corrected chi connectivity index (χ0v) is 13.3. The van der Waals surface area contributed by atoms with E-state index in [0.29, 0.717) is 0 Å². The molecule has 0 N–H and O–H groups in total. The molecule has 1 aliphatic carbocycles. The van der Waals surface area contributed by atoms with Crippen molar-refractivity contribution in [3.63, 3.8) is 0 Å². The Morgan fingerprint density at radius 2 is 1.43 bits per heavy atom. The predicted molar refractivity (Wildman–Crippen MR) is 93.2 cm³/mol. The quantitative estimate of drug-likeness (QED) is 0.533. The third-order valence-electron chi connectivity index (χ3n) is 4.55. The van der Waals surface area contributed by atoms with E-state index in [1.165, 1.54) is 27.8 Å². The Balaban J connectivity index is 1.86. The molecule has 0 saturated carbocycles. The van der Waals surface area contributed by atoms with E-state index < -0.39 is 0 Å². The highest BCUT2D eigenvalue weighted by Gasteiger charge is 2.21. The van der Waals surface area contributed by atoms with E-state index in [0.717, 1.165) is 23.5 Å². The predicted octanol–water partition coefficient (Wildman–Crippen LogP) is 4.94. The first-order valence-electron chi connectivity index (χ1n) is 7.74. The molecule has 114 valence electrons. The van der Waals surface area contributed by atoms with Gasteiger partial charge in [-0.3, -0.25) is 0 Å². The Hall–Kier alpha value is -2.74. The van der Waals surface area contributed by atoms with Gasteiger partial charge in [0.2, 0.25) is 0 Å². The van der Waals surface area contributed by atoms with Crippen molar-refractivity contribution in [3.8, 4) is 33.8 Å². The topological polar surface area (TPSA) is 18.5 Å². The second-order valence-corrected chi connectivity index (χ2v) is 5.74. The fourth-order valence-corrected chi connectivity index (χ4v) is 3.43. The van der Waals surface area contributed by atoms with Crippen LogP contribution in [0, 0.1) is 0 Å². The van der Waals surface area contributed by atoms with Gasteiger partial charge in [-0.15, -0.1) is 0 Å². The molecular formula is C21H18O2. The summed E-state index contributed by atoms with van der Waals surface area (Å²) in [5.41, 5.74) is 7.90. The molecule has 0 saturated heterocycles. The van der Waals surface area contributed by atoms with Crippen LogP contribution in [0.3, 0.4) is 0 Å². The number of benzene rings is 3. The summed E-state index contributed by atoms with van der Waals surface area (Å²) in [6, 6.07) is 21.3. The van der Waals surface area contributed by atoms with Gasteiger partial charge in [0.15, 0.2) is 11.5 Å². The standard InChI is InChI=1S/C21H18O2/c1-22-20-11-10-15(13-21(20)23-2)17-8-5-9-18-16-7-4-3-6-14(16)12-19(17)18/h3-11,13H,12H2,1-2H3. The highest BCUT2D eigenvalue weighted by atomic mass is 16.5. The van der Waals surface area contributed by atoms with Crippen molar-refractivity contribution in [2.75, 3.05) is 14.2 Å². The molecule has 0 radical (unpaired) electrons. The highest BCUT2D eigenvalue weighted by Crippen LogP contribution is 2.42. The van der Waals surface area contributed by atoms with Crippen molar-refractivity contribution < 1.29 is 9.47 Å². The van der Waals surface area contributed by atoms with Gasteiger partial charge >= 0.3 is 0 Å². The zero-order valence-electron chi connectivity index (χ0n) is 13.3. The minimum atomic E-state index is 0.757. The van der Waals surface area contributed by atoms with Gasteiger partial charge in [0, 0.05) is 0 Å². The van der Waals surface area contributed by atoms with Crippen molar-refractivity contribution in [1.82, 2.24) is 0 Å². The molecule has 2 nitrogen and oxygen atoms in total. The van der Waals surface area contributed by atoms with Gasteiger partial charge in [0.25, 0.3) is 0 Å². The van der Waals surface area contributed by atoms with Crippen LogP contribution in [0.1, 0.15) is 11.1 Å². The monoisotopic (exact) mass is 302 g/mol. The fourth-order valence-electron chi connectivity index (χ4n) is 3.43. The highest BCUT2D eigenvalue weighted by molar-refractivity contribution is 5.85. The van der Waals surface area contributed by atoms with Crippen LogP contribution in [0.15, 0.2) is 60.7 Å². The molecule has 3 aromatic carbocycles. The van der Waals surface area contributed by atoms with Crippen LogP contribution in [0.2, 0.25) is 0 Å². The normalized spacial score (nSPS) is 11.7. The molecule has 0 aliphatic heterocycles. The minimum absolute atomic E-state index is 0.757. The van der Waals surface area contributed by atoms with E-state index in [-0.39, 0.29) is 0 Å². The summed E-state index contributed by atoms with van der Waals surface area (Å²) in [5, 5.41) is 0. The number of ether oxygens (including phenoxy) is 2. The molecular weight excluding hydrogens is 284 g/mol. The van der Waals surface area contributed by atoms with Crippen LogP contribution >= 0.6 is 0 Å². The van der Waals surface area contributed by atoms with Gasteiger partial charge in [0.1, 0.15) is 0 Å². The maximum atomic E-state index is 5.45. The van der Waals surface area contributed by atoms with Crippen molar-refractivity contribution >= 4 is 0 Å². The molecule has 0 fully saturated rings. The molecule has 23 heavy (non-hydrogen) atoms. The van der Waals surface area contributed by atoms with Gasteiger partial charge in [-0.05, 0) is 51.9 Å². The van der Waals surface area contributed by atoms with E-state index in [9.17, 15) is 0 Å². The van der Waals surface area contributed by atoms with Crippen LogP contribution in [-0.4, -0.2) is 14.2 Å². The van der Waals surface area contributed by atoms with Gasteiger partial charge in [-0.25, -0.2) is 0 Å². The SMILES string of the molecule is COc1ccc(-c2cccc3c2Cc2ccccc2-3)cc1OC. The summed E-state index contributed by atoms with van der Waals surface area (Å²) in [7, 11) is 3.33. The van der Waals surface area contributed by atoms with Crippen LogP contribution < -0.4 is 9.47 Å². The third-order valence-corrected chi connectivity index (χ3v) is 4.55. The molecule has 0 amide bonds. The summed E-state index contributed by atoms with van der Waals surface area (Å²) in [6.45, 7) is 0. The Kier molecular flexibility index (Phi) is 3.30. The molecule has 3 aromatic rings. The van der Waals surface area contributed by atoms with Gasteiger partial charge in [0.05, 0.1) is 14.2 Å². The lowest BCUT2D eigenvalue weighted by atomic mass is 9.95. The first kappa shape index (κ1) is 13.9. The minimum Gasteiger partial charge on any atom is -0.493 e. The molecule has 0 bridgehead atoms. The van der Waals surface area contributed by atoms with Gasteiger partial charge in [-0.2, -0.15) is 0 Å². The molecule has 0 unspecified atom stereocenters. The van der Waals surface area contributed by atoms with Crippen LogP contribution in [-0.2, 0) is 6.42 Å². The molecule has 1 aliphatic rings. The summed E-state index contributed by atoms with van der Waals surface area (Å²) >= 11 is 0. The maximum absolute atomic E-state index is 5.45. The molecule has 0 aromatic heterocycles. The Morgan fingerprint density at radius 3 is 2.26 bits per heavy atom. The molecule has 4 rings (SSSR count). The number of hydrogen-bond acceptors (Lipinski definition) is 2. The van der Waals surface area contributed by atoms with E-state index in [2.05, 4.69) is 54.6 Å². The van der Waals surface area contributed by atoms with Crippen LogP contribution in [0.5, 0.6) is 11.5 Å². The lowest BCUT2D eigenvalue weighted by Gasteiger charge is -2.12. The summed E-state index contributed by atoms with van der Waals surface area (Å²) < 4.78 is 10.8. The zero-order chi connectivity index (χ0) is 15.8. The molecule has 0 heterocycles. The average molecular weight is 302 g/mol. The Bertz CT molecular complexity index is 881. The van der Waals surface area contributed by atoms with Crippen molar-refractivity contribution in [2.24, 2.45) is 0 Å². The van der Waals surface area contributed by atoms with Crippen LogP contribution in [0.4, 0.5) is 0 Å². The summed E-state index contributed by atoms with van der Waals surface area (Å²) in [5.74, 6) is 1.52. The average Bonchev–Trinajstić information content (AvgIpc) is 3.00. The summed E-state index contributed by atoms with van der Waals surface area (Å²) in [4.78, 5) is 0. The van der Waals surface area contributed by atoms with Crippen molar-refractivity contribution in [1.29, 1.82) is 0 Å². The fraction of sp³-hybridized carbons (Fsp3) is 0.143. The largest absolute Gasteiger partial charge is 0.493 e. The Labute approximate surface area is 136 Å². The maximum Gasteiger partial charge on any atom is 0.161 e. The smallest absolute Gasteiger partial charge is 0.161 e.